The van der Waals surface area contributed by atoms with Gasteiger partial charge in [-0.25, -0.2) is 17.8 Å². The summed E-state index contributed by atoms with van der Waals surface area (Å²) in [6, 6.07) is 18.1. The highest BCUT2D eigenvalue weighted by Gasteiger charge is 2.20. The normalized spacial score (nSPS) is 11.3. The Morgan fingerprint density at radius 2 is 1.82 bits per heavy atom. The van der Waals surface area contributed by atoms with Crippen LogP contribution in [0.4, 0.5) is 15.8 Å². The van der Waals surface area contributed by atoms with Gasteiger partial charge in [-0.3, -0.25) is 9.52 Å². The van der Waals surface area contributed by atoms with E-state index in [1.165, 1.54) is 41.7 Å². The molecular weight excluding hydrogens is 473 g/mol. The molecule has 0 saturated heterocycles. The number of halogens is 1. The van der Waals surface area contributed by atoms with Crippen LogP contribution in [0.25, 0.3) is 10.6 Å². The maximum atomic E-state index is 13.9. The van der Waals surface area contributed by atoms with Gasteiger partial charge in [0.25, 0.3) is 10.0 Å². The summed E-state index contributed by atoms with van der Waals surface area (Å²) in [4.78, 5) is 17.1. The highest BCUT2D eigenvalue weighted by Crippen LogP contribution is 2.26. The number of benzene rings is 3. The zero-order valence-corrected chi connectivity index (χ0v) is 20.1. The molecule has 0 aliphatic heterocycles. The van der Waals surface area contributed by atoms with Gasteiger partial charge in [0.15, 0.2) is 0 Å². The molecule has 0 fully saturated rings. The van der Waals surface area contributed by atoms with Crippen LogP contribution in [0.15, 0.2) is 77.0 Å². The first-order chi connectivity index (χ1) is 16.2. The highest BCUT2D eigenvalue weighted by molar-refractivity contribution is 7.92. The molecule has 1 heterocycles. The van der Waals surface area contributed by atoms with Gasteiger partial charge in [0, 0.05) is 16.6 Å². The van der Waals surface area contributed by atoms with E-state index in [9.17, 15) is 17.6 Å². The molecule has 174 valence electrons. The molecule has 0 spiro atoms. The first-order valence-corrected chi connectivity index (χ1v) is 12.8. The second kappa shape index (κ2) is 9.74. The number of hydrogen-bond acceptors (Lipinski definition) is 5. The van der Waals surface area contributed by atoms with Crippen LogP contribution in [-0.2, 0) is 21.2 Å². The van der Waals surface area contributed by atoms with E-state index in [1.54, 1.807) is 19.1 Å². The number of amides is 1. The molecule has 0 saturated carbocycles. The number of hydrogen-bond donors (Lipinski definition) is 2. The summed E-state index contributed by atoms with van der Waals surface area (Å²) in [5.41, 5.74) is 3.38. The van der Waals surface area contributed by atoms with Gasteiger partial charge in [0.05, 0.1) is 22.7 Å². The summed E-state index contributed by atoms with van der Waals surface area (Å²) in [6.07, 6.45) is 0.0474. The number of para-hydroxylation sites is 1. The SMILES string of the molecule is Cc1cccc(-c2nc(CC(=O)Nc3ccc(C)c(S(=O)(=O)Nc4ccccc4F)c3)cs2)c1. The number of rotatable bonds is 7. The van der Waals surface area contributed by atoms with E-state index in [0.717, 1.165) is 16.1 Å². The van der Waals surface area contributed by atoms with Gasteiger partial charge < -0.3 is 5.32 Å². The van der Waals surface area contributed by atoms with Crippen LogP contribution >= 0.6 is 11.3 Å². The Morgan fingerprint density at radius 1 is 1.03 bits per heavy atom. The molecule has 1 amide bonds. The van der Waals surface area contributed by atoms with Crippen LogP contribution in [-0.4, -0.2) is 19.3 Å². The van der Waals surface area contributed by atoms with E-state index in [4.69, 9.17) is 0 Å². The fourth-order valence-electron chi connectivity index (χ4n) is 3.38. The van der Waals surface area contributed by atoms with Crippen molar-refractivity contribution in [3.8, 4) is 10.6 Å². The Kier molecular flexibility index (Phi) is 6.76. The summed E-state index contributed by atoms with van der Waals surface area (Å²) in [6.45, 7) is 3.64. The van der Waals surface area contributed by atoms with Gasteiger partial charge in [-0.05, 0) is 49.7 Å². The van der Waals surface area contributed by atoms with E-state index in [1.807, 2.05) is 36.6 Å². The number of thiazole rings is 1. The van der Waals surface area contributed by atoms with Gasteiger partial charge in [-0.15, -0.1) is 11.3 Å². The Morgan fingerprint density at radius 3 is 2.59 bits per heavy atom. The smallest absolute Gasteiger partial charge is 0.262 e. The van der Waals surface area contributed by atoms with Crippen LogP contribution in [0.2, 0.25) is 0 Å². The van der Waals surface area contributed by atoms with Crippen molar-refractivity contribution in [1.82, 2.24) is 4.98 Å². The summed E-state index contributed by atoms with van der Waals surface area (Å²) in [5.74, 6) is -1.00. The van der Waals surface area contributed by atoms with E-state index < -0.39 is 15.8 Å². The number of carbonyl (C=O) groups excluding carboxylic acids is 1. The lowest BCUT2D eigenvalue weighted by molar-refractivity contribution is -0.115. The molecule has 34 heavy (non-hydrogen) atoms. The summed E-state index contributed by atoms with van der Waals surface area (Å²) < 4.78 is 41.9. The summed E-state index contributed by atoms with van der Waals surface area (Å²) in [7, 11) is -4.07. The second-order valence-electron chi connectivity index (χ2n) is 7.80. The minimum Gasteiger partial charge on any atom is -0.326 e. The fourth-order valence-corrected chi connectivity index (χ4v) is 5.54. The molecule has 0 aliphatic rings. The van der Waals surface area contributed by atoms with E-state index >= 15 is 0 Å². The topological polar surface area (TPSA) is 88.2 Å². The minimum atomic E-state index is -4.07. The first kappa shape index (κ1) is 23.6. The first-order valence-electron chi connectivity index (χ1n) is 10.4. The zero-order chi connectivity index (χ0) is 24.3. The molecule has 0 bridgehead atoms. The van der Waals surface area contributed by atoms with Gasteiger partial charge in [-0.2, -0.15) is 0 Å². The van der Waals surface area contributed by atoms with Crippen LogP contribution in [0.3, 0.4) is 0 Å². The van der Waals surface area contributed by atoms with Gasteiger partial charge >= 0.3 is 0 Å². The monoisotopic (exact) mass is 495 g/mol. The lowest BCUT2D eigenvalue weighted by Gasteiger charge is -2.13. The van der Waals surface area contributed by atoms with Crippen molar-refractivity contribution in [3.63, 3.8) is 0 Å². The Balaban J connectivity index is 1.48. The third-order valence-corrected chi connectivity index (χ3v) is 7.49. The molecule has 3 aromatic carbocycles. The summed E-state index contributed by atoms with van der Waals surface area (Å²) in [5, 5.41) is 5.39. The molecule has 0 unspecified atom stereocenters. The van der Waals surface area contributed by atoms with Gasteiger partial charge in [0.2, 0.25) is 5.91 Å². The number of nitrogens with zero attached hydrogens (tertiary/aromatic N) is 1. The summed E-state index contributed by atoms with van der Waals surface area (Å²) >= 11 is 1.46. The highest BCUT2D eigenvalue weighted by atomic mass is 32.2. The molecule has 0 atom stereocenters. The zero-order valence-electron chi connectivity index (χ0n) is 18.5. The van der Waals surface area contributed by atoms with E-state index in [2.05, 4.69) is 15.0 Å². The molecule has 4 rings (SSSR count). The number of sulfonamides is 1. The number of nitrogens with one attached hydrogen (secondary N) is 2. The van der Waals surface area contributed by atoms with Crippen molar-refractivity contribution in [2.24, 2.45) is 0 Å². The molecule has 6 nitrogen and oxygen atoms in total. The molecule has 9 heteroatoms. The Bertz CT molecular complexity index is 1470. The van der Waals surface area contributed by atoms with Crippen molar-refractivity contribution in [1.29, 1.82) is 0 Å². The van der Waals surface area contributed by atoms with Gasteiger partial charge in [-0.1, -0.05) is 42.0 Å². The Labute approximate surface area is 201 Å². The maximum absolute atomic E-state index is 13.9. The lowest BCUT2D eigenvalue weighted by Crippen LogP contribution is -2.17. The molecule has 2 N–H and O–H groups in total. The van der Waals surface area contributed by atoms with Crippen molar-refractivity contribution in [2.45, 2.75) is 25.2 Å². The van der Waals surface area contributed by atoms with E-state index in [0.29, 0.717) is 16.9 Å². The largest absolute Gasteiger partial charge is 0.326 e. The van der Waals surface area contributed by atoms with E-state index in [-0.39, 0.29) is 22.9 Å². The van der Waals surface area contributed by atoms with Crippen LogP contribution in [0.5, 0.6) is 0 Å². The third-order valence-electron chi connectivity index (χ3n) is 5.04. The molecule has 4 aromatic rings. The Hall–Kier alpha value is -3.56. The standard InChI is InChI=1S/C25H22FN3O3S2/c1-16-6-5-7-18(12-16)25-28-20(15-33-25)14-24(30)27-19-11-10-17(2)23(13-19)34(31,32)29-22-9-4-3-8-21(22)26/h3-13,15,29H,14H2,1-2H3,(H,27,30). The molecule has 0 aliphatic carbocycles. The van der Waals surface area contributed by atoms with Crippen LogP contribution in [0.1, 0.15) is 16.8 Å². The van der Waals surface area contributed by atoms with Crippen molar-refractivity contribution >= 4 is 38.6 Å². The predicted octanol–water partition coefficient (Wildman–Crippen LogP) is 5.55. The van der Waals surface area contributed by atoms with Crippen molar-refractivity contribution < 1.29 is 17.6 Å². The number of anilines is 2. The third kappa shape index (κ3) is 5.49. The molecule has 1 aromatic heterocycles. The fraction of sp³-hybridized carbons (Fsp3) is 0.120. The molecule has 0 radical (unpaired) electrons. The lowest BCUT2D eigenvalue weighted by atomic mass is 10.1. The maximum Gasteiger partial charge on any atom is 0.262 e. The van der Waals surface area contributed by atoms with Crippen LogP contribution in [0, 0.1) is 19.7 Å². The minimum absolute atomic E-state index is 0.0474. The quantitative estimate of drug-likeness (QED) is 0.352. The predicted molar refractivity (Wildman–Crippen MR) is 133 cm³/mol. The number of aryl methyl sites for hydroxylation is 2. The second-order valence-corrected chi connectivity index (χ2v) is 10.3. The molecular formula is C25H22FN3O3S2. The van der Waals surface area contributed by atoms with Crippen molar-refractivity contribution in [2.75, 3.05) is 10.0 Å². The van der Waals surface area contributed by atoms with Gasteiger partial charge in [0.1, 0.15) is 10.8 Å². The average molecular weight is 496 g/mol. The number of aromatic nitrogens is 1. The average Bonchev–Trinajstić information content (AvgIpc) is 3.25. The van der Waals surface area contributed by atoms with Crippen molar-refractivity contribution in [3.05, 3.63) is 94.7 Å². The number of carbonyl (C=O) groups is 1. The van der Waals surface area contributed by atoms with Crippen LogP contribution < -0.4 is 10.0 Å².